The number of likely N-dealkylation sites (tertiary alicyclic amines) is 1. The van der Waals surface area contributed by atoms with Crippen LogP contribution in [0, 0.1) is 23.7 Å². The first-order valence-corrected chi connectivity index (χ1v) is 8.82. The van der Waals surface area contributed by atoms with E-state index >= 15 is 0 Å². The van der Waals surface area contributed by atoms with Crippen LogP contribution in [-0.2, 0) is 4.79 Å². The molecular weight excluding hydrogens is 284 g/mol. The van der Waals surface area contributed by atoms with E-state index in [1.54, 1.807) is 0 Å². The number of carbonyl (C=O) groups is 1. The van der Waals surface area contributed by atoms with Crippen LogP contribution in [0.15, 0.2) is 0 Å². The fraction of sp³-hybridized carbons (Fsp3) is 0.941. The number of rotatable bonds is 3. The maximum atomic E-state index is 12.7. The van der Waals surface area contributed by atoms with Crippen LogP contribution in [0.25, 0.3) is 0 Å². The molecule has 5 atom stereocenters. The molecule has 4 aliphatic rings. The molecule has 0 aromatic rings. The molecule has 1 N–H and O–H groups in total. The fourth-order valence-electron chi connectivity index (χ4n) is 5.49. The molecule has 1 amide bonds. The first-order chi connectivity index (χ1) is 9.81. The summed E-state index contributed by atoms with van der Waals surface area (Å²) in [4.78, 5) is 14.9. The van der Waals surface area contributed by atoms with E-state index in [-0.39, 0.29) is 18.3 Å². The molecule has 0 spiro atoms. The van der Waals surface area contributed by atoms with Gasteiger partial charge in [0.2, 0.25) is 5.91 Å². The third kappa shape index (κ3) is 2.96. The molecule has 2 saturated carbocycles. The Morgan fingerprint density at radius 1 is 1.14 bits per heavy atom. The van der Waals surface area contributed by atoms with Gasteiger partial charge in [-0.25, -0.2) is 0 Å². The molecule has 4 fully saturated rings. The summed E-state index contributed by atoms with van der Waals surface area (Å²) in [5.74, 6) is 3.71. The number of carbonyl (C=O) groups excluding carboxylic acids is 1. The Morgan fingerprint density at radius 2 is 2.05 bits per heavy atom. The summed E-state index contributed by atoms with van der Waals surface area (Å²) in [6, 6.07) is 0.576. The summed E-state index contributed by atoms with van der Waals surface area (Å²) < 4.78 is 0. The average molecular weight is 313 g/mol. The van der Waals surface area contributed by atoms with E-state index in [9.17, 15) is 4.79 Å². The molecule has 3 nitrogen and oxygen atoms in total. The zero-order valence-electron chi connectivity index (χ0n) is 12.9. The zero-order chi connectivity index (χ0) is 13.5. The van der Waals surface area contributed by atoms with Crippen molar-refractivity contribution in [3.8, 4) is 0 Å². The number of hydrogen-bond donors (Lipinski definition) is 1. The summed E-state index contributed by atoms with van der Waals surface area (Å²) in [6.45, 7) is 2.97. The summed E-state index contributed by atoms with van der Waals surface area (Å²) in [7, 11) is 0. The van der Waals surface area contributed by atoms with E-state index in [4.69, 9.17) is 0 Å². The van der Waals surface area contributed by atoms with Crippen molar-refractivity contribution in [3.63, 3.8) is 0 Å². The van der Waals surface area contributed by atoms with Crippen molar-refractivity contribution >= 4 is 18.3 Å². The van der Waals surface area contributed by atoms with Crippen LogP contribution < -0.4 is 5.32 Å². The van der Waals surface area contributed by atoms with Gasteiger partial charge in [-0.05, 0) is 69.2 Å². The van der Waals surface area contributed by atoms with Crippen LogP contribution in [0.1, 0.15) is 51.4 Å². The van der Waals surface area contributed by atoms with Gasteiger partial charge in [-0.3, -0.25) is 4.79 Å². The first kappa shape index (κ1) is 15.6. The van der Waals surface area contributed by atoms with Crippen LogP contribution in [0.4, 0.5) is 0 Å². The van der Waals surface area contributed by atoms with Gasteiger partial charge in [0, 0.05) is 19.1 Å². The van der Waals surface area contributed by atoms with E-state index in [2.05, 4.69) is 10.2 Å². The standard InChI is InChI=1S/C17H28N2O.ClH/c20-17(14-5-6-18-11-14)19-7-1-2-16(19)10-15-9-12-3-4-13(15)8-12;/h12-16,18H,1-11H2;1H. The highest BCUT2D eigenvalue weighted by molar-refractivity contribution is 5.85. The van der Waals surface area contributed by atoms with Gasteiger partial charge in [0.05, 0.1) is 5.92 Å². The molecule has 4 heteroatoms. The van der Waals surface area contributed by atoms with Crippen molar-refractivity contribution in [3.05, 3.63) is 0 Å². The predicted octanol–water partition coefficient (Wildman–Crippen LogP) is 2.84. The number of fused-ring (bicyclic) bond motifs is 2. The highest BCUT2D eigenvalue weighted by Crippen LogP contribution is 2.50. The number of halogens is 1. The third-order valence-electron chi connectivity index (χ3n) is 6.53. The maximum absolute atomic E-state index is 12.7. The topological polar surface area (TPSA) is 32.3 Å². The summed E-state index contributed by atoms with van der Waals surface area (Å²) >= 11 is 0. The maximum Gasteiger partial charge on any atom is 0.227 e. The Balaban J connectivity index is 0.00000132. The summed E-state index contributed by atoms with van der Waals surface area (Å²) in [5, 5.41) is 3.34. The van der Waals surface area contributed by atoms with Crippen molar-refractivity contribution < 1.29 is 4.79 Å². The van der Waals surface area contributed by atoms with Gasteiger partial charge in [-0.2, -0.15) is 0 Å². The molecule has 5 unspecified atom stereocenters. The van der Waals surface area contributed by atoms with Crippen LogP contribution in [0.2, 0.25) is 0 Å². The molecule has 0 radical (unpaired) electrons. The molecule has 21 heavy (non-hydrogen) atoms. The largest absolute Gasteiger partial charge is 0.339 e. The Labute approximate surface area is 134 Å². The quantitative estimate of drug-likeness (QED) is 0.869. The van der Waals surface area contributed by atoms with Gasteiger partial charge in [-0.15, -0.1) is 12.4 Å². The minimum atomic E-state index is 0. The van der Waals surface area contributed by atoms with E-state index in [1.165, 1.54) is 44.9 Å². The second-order valence-electron chi connectivity index (χ2n) is 7.69. The van der Waals surface area contributed by atoms with Gasteiger partial charge in [0.25, 0.3) is 0 Å². The lowest BCUT2D eigenvalue weighted by Gasteiger charge is -2.31. The van der Waals surface area contributed by atoms with Crippen molar-refractivity contribution in [1.82, 2.24) is 10.2 Å². The molecule has 2 heterocycles. The SMILES string of the molecule is Cl.O=C(C1CCNC1)N1CCCC1CC1CC2CCC1C2. The molecule has 2 bridgehead atoms. The Kier molecular flexibility index (Phi) is 4.80. The fourth-order valence-corrected chi connectivity index (χ4v) is 5.49. The first-order valence-electron chi connectivity index (χ1n) is 8.82. The van der Waals surface area contributed by atoms with Crippen LogP contribution in [0.5, 0.6) is 0 Å². The van der Waals surface area contributed by atoms with E-state index in [1.807, 2.05) is 0 Å². The lowest BCUT2D eigenvalue weighted by atomic mass is 9.83. The van der Waals surface area contributed by atoms with E-state index < -0.39 is 0 Å². The molecule has 0 aromatic carbocycles. The number of hydrogen-bond acceptors (Lipinski definition) is 2. The Bertz CT molecular complexity index is 383. The van der Waals surface area contributed by atoms with Crippen LogP contribution in [-0.4, -0.2) is 36.5 Å². The number of nitrogens with one attached hydrogen (secondary N) is 1. The summed E-state index contributed by atoms with van der Waals surface area (Å²) in [6.07, 6.45) is 10.8. The highest BCUT2D eigenvalue weighted by Gasteiger charge is 2.42. The molecule has 2 aliphatic heterocycles. The molecular formula is C17H29ClN2O. The lowest BCUT2D eigenvalue weighted by Crippen LogP contribution is -2.41. The molecule has 4 rings (SSSR count). The van der Waals surface area contributed by atoms with Crippen molar-refractivity contribution in [2.75, 3.05) is 19.6 Å². The van der Waals surface area contributed by atoms with Gasteiger partial charge in [0.15, 0.2) is 0 Å². The molecule has 2 saturated heterocycles. The number of amides is 1. The van der Waals surface area contributed by atoms with E-state index in [0.717, 1.165) is 43.8 Å². The van der Waals surface area contributed by atoms with Crippen LogP contribution >= 0.6 is 12.4 Å². The Hall–Kier alpha value is -0.280. The number of nitrogens with zero attached hydrogens (tertiary/aromatic N) is 1. The second kappa shape index (κ2) is 6.45. The van der Waals surface area contributed by atoms with Crippen molar-refractivity contribution in [2.45, 2.75) is 57.4 Å². The summed E-state index contributed by atoms with van der Waals surface area (Å²) in [5.41, 5.74) is 0. The van der Waals surface area contributed by atoms with Crippen molar-refractivity contribution in [1.29, 1.82) is 0 Å². The van der Waals surface area contributed by atoms with E-state index in [0.29, 0.717) is 11.9 Å². The normalized spacial score (nSPS) is 41.5. The zero-order valence-corrected chi connectivity index (χ0v) is 13.7. The lowest BCUT2D eigenvalue weighted by molar-refractivity contribution is -0.136. The molecule has 2 aliphatic carbocycles. The minimum Gasteiger partial charge on any atom is -0.339 e. The van der Waals surface area contributed by atoms with Gasteiger partial charge >= 0.3 is 0 Å². The van der Waals surface area contributed by atoms with Gasteiger partial charge < -0.3 is 10.2 Å². The average Bonchev–Trinajstić information content (AvgIpc) is 3.23. The minimum absolute atomic E-state index is 0. The smallest absolute Gasteiger partial charge is 0.227 e. The van der Waals surface area contributed by atoms with Gasteiger partial charge in [0.1, 0.15) is 0 Å². The Morgan fingerprint density at radius 3 is 2.71 bits per heavy atom. The second-order valence-corrected chi connectivity index (χ2v) is 7.69. The predicted molar refractivity (Wildman–Crippen MR) is 86.5 cm³/mol. The van der Waals surface area contributed by atoms with Crippen molar-refractivity contribution in [2.24, 2.45) is 23.7 Å². The monoisotopic (exact) mass is 312 g/mol. The van der Waals surface area contributed by atoms with Crippen LogP contribution in [0.3, 0.4) is 0 Å². The molecule has 120 valence electrons. The third-order valence-corrected chi connectivity index (χ3v) is 6.53. The molecule has 0 aromatic heterocycles. The highest BCUT2D eigenvalue weighted by atomic mass is 35.5. The van der Waals surface area contributed by atoms with Gasteiger partial charge in [-0.1, -0.05) is 6.42 Å².